The van der Waals surface area contributed by atoms with Gasteiger partial charge in [-0.3, -0.25) is 4.79 Å². The summed E-state index contributed by atoms with van der Waals surface area (Å²) < 4.78 is 0. The molecule has 0 spiro atoms. The van der Waals surface area contributed by atoms with E-state index < -0.39 is 0 Å². The van der Waals surface area contributed by atoms with Crippen molar-refractivity contribution in [2.75, 3.05) is 5.73 Å². The Balaban J connectivity index is 2.04. The summed E-state index contributed by atoms with van der Waals surface area (Å²) in [6, 6.07) is 3.33. The number of hydrogen-bond donors (Lipinski definition) is 2. The van der Waals surface area contributed by atoms with Crippen LogP contribution in [-0.2, 0) is 0 Å². The summed E-state index contributed by atoms with van der Waals surface area (Å²) in [7, 11) is 0. The van der Waals surface area contributed by atoms with Gasteiger partial charge < -0.3 is 11.1 Å². The van der Waals surface area contributed by atoms with E-state index in [2.05, 4.69) is 17.2 Å². The number of aromatic nitrogens is 1. The van der Waals surface area contributed by atoms with Crippen LogP contribution in [0.2, 0.25) is 0 Å². The van der Waals surface area contributed by atoms with Crippen LogP contribution in [-0.4, -0.2) is 16.4 Å². The SMILES string of the molecule is CC1(NC(=O)c2ccc(N)cn2)CCC1. The van der Waals surface area contributed by atoms with Crippen molar-refractivity contribution in [3.8, 4) is 0 Å². The van der Waals surface area contributed by atoms with Gasteiger partial charge in [0.1, 0.15) is 5.69 Å². The molecule has 1 aromatic heterocycles. The van der Waals surface area contributed by atoms with Gasteiger partial charge in [0.2, 0.25) is 0 Å². The molecule has 80 valence electrons. The van der Waals surface area contributed by atoms with Gasteiger partial charge in [0.05, 0.1) is 11.9 Å². The molecule has 1 aliphatic carbocycles. The second-order valence-corrected chi connectivity index (χ2v) is 4.35. The minimum Gasteiger partial charge on any atom is -0.397 e. The fraction of sp³-hybridized carbons (Fsp3) is 0.455. The highest BCUT2D eigenvalue weighted by Gasteiger charge is 2.33. The molecule has 0 unspecified atom stereocenters. The maximum Gasteiger partial charge on any atom is 0.270 e. The molecule has 4 nitrogen and oxygen atoms in total. The standard InChI is InChI=1S/C11H15N3O/c1-11(5-2-6-11)14-10(15)9-4-3-8(12)7-13-9/h3-4,7H,2,5-6,12H2,1H3,(H,14,15). The molecule has 0 aliphatic heterocycles. The van der Waals surface area contributed by atoms with Crippen molar-refractivity contribution in [3.63, 3.8) is 0 Å². The van der Waals surface area contributed by atoms with Crippen LogP contribution >= 0.6 is 0 Å². The molecule has 0 atom stereocenters. The van der Waals surface area contributed by atoms with Gasteiger partial charge >= 0.3 is 0 Å². The second-order valence-electron chi connectivity index (χ2n) is 4.35. The molecule has 0 saturated heterocycles. The quantitative estimate of drug-likeness (QED) is 0.765. The molecule has 0 radical (unpaired) electrons. The van der Waals surface area contributed by atoms with Crippen LogP contribution in [0.15, 0.2) is 18.3 Å². The molecular formula is C11H15N3O. The first-order valence-corrected chi connectivity index (χ1v) is 5.13. The molecule has 1 aromatic rings. The fourth-order valence-corrected chi connectivity index (χ4v) is 1.71. The fourth-order valence-electron chi connectivity index (χ4n) is 1.71. The number of nitrogens with two attached hydrogens (primary N) is 1. The molecule has 15 heavy (non-hydrogen) atoms. The average Bonchev–Trinajstić information content (AvgIpc) is 2.16. The first-order valence-electron chi connectivity index (χ1n) is 5.13. The minimum absolute atomic E-state index is 0.0276. The van der Waals surface area contributed by atoms with Crippen LogP contribution in [0.3, 0.4) is 0 Å². The molecule has 2 rings (SSSR count). The van der Waals surface area contributed by atoms with E-state index in [1.54, 1.807) is 12.1 Å². The summed E-state index contributed by atoms with van der Waals surface area (Å²) in [6.45, 7) is 2.06. The van der Waals surface area contributed by atoms with Crippen molar-refractivity contribution >= 4 is 11.6 Å². The maximum atomic E-state index is 11.7. The van der Waals surface area contributed by atoms with Gasteiger partial charge in [-0.25, -0.2) is 4.98 Å². The largest absolute Gasteiger partial charge is 0.397 e. The molecular weight excluding hydrogens is 190 g/mol. The lowest BCUT2D eigenvalue weighted by Crippen LogP contribution is -2.51. The van der Waals surface area contributed by atoms with Crippen LogP contribution in [0.5, 0.6) is 0 Å². The Morgan fingerprint density at radius 2 is 2.27 bits per heavy atom. The van der Waals surface area contributed by atoms with Crippen molar-refractivity contribution in [2.45, 2.75) is 31.7 Å². The molecule has 4 heteroatoms. The van der Waals surface area contributed by atoms with Crippen LogP contribution in [0.25, 0.3) is 0 Å². The highest BCUT2D eigenvalue weighted by Crippen LogP contribution is 2.31. The zero-order valence-electron chi connectivity index (χ0n) is 8.79. The Bertz CT molecular complexity index is 368. The van der Waals surface area contributed by atoms with Crippen molar-refractivity contribution in [2.24, 2.45) is 0 Å². The summed E-state index contributed by atoms with van der Waals surface area (Å²) in [5.41, 5.74) is 6.47. The van der Waals surface area contributed by atoms with Crippen molar-refractivity contribution in [1.82, 2.24) is 10.3 Å². The molecule has 3 N–H and O–H groups in total. The van der Waals surface area contributed by atoms with Crippen LogP contribution in [0.4, 0.5) is 5.69 Å². The first kappa shape index (κ1) is 9.96. The zero-order valence-corrected chi connectivity index (χ0v) is 8.79. The summed E-state index contributed by atoms with van der Waals surface area (Å²) >= 11 is 0. The predicted molar refractivity (Wildman–Crippen MR) is 58.4 cm³/mol. The highest BCUT2D eigenvalue weighted by atomic mass is 16.2. The Morgan fingerprint density at radius 1 is 1.53 bits per heavy atom. The minimum atomic E-state index is -0.114. The summed E-state index contributed by atoms with van der Waals surface area (Å²) in [6.07, 6.45) is 4.78. The average molecular weight is 205 g/mol. The Hall–Kier alpha value is -1.58. The normalized spacial score (nSPS) is 17.9. The summed E-state index contributed by atoms with van der Waals surface area (Å²) in [5.74, 6) is -0.114. The van der Waals surface area contributed by atoms with Gasteiger partial charge in [-0.05, 0) is 38.3 Å². The molecule has 1 heterocycles. The van der Waals surface area contributed by atoms with Gasteiger partial charge in [0.25, 0.3) is 5.91 Å². The predicted octanol–water partition coefficient (Wildman–Crippen LogP) is 1.34. The van der Waals surface area contributed by atoms with Crippen molar-refractivity contribution < 1.29 is 4.79 Å². The number of carbonyl (C=O) groups is 1. The first-order chi connectivity index (χ1) is 7.09. The maximum absolute atomic E-state index is 11.7. The van der Waals surface area contributed by atoms with E-state index >= 15 is 0 Å². The van der Waals surface area contributed by atoms with Gasteiger partial charge in [-0.1, -0.05) is 0 Å². The number of hydrogen-bond acceptors (Lipinski definition) is 3. The number of nitrogen functional groups attached to an aromatic ring is 1. The second kappa shape index (κ2) is 3.53. The molecule has 1 amide bonds. The van der Waals surface area contributed by atoms with E-state index in [-0.39, 0.29) is 11.4 Å². The number of nitrogens with zero attached hydrogens (tertiary/aromatic N) is 1. The Morgan fingerprint density at radius 3 is 2.73 bits per heavy atom. The number of anilines is 1. The zero-order chi connectivity index (χ0) is 10.9. The van der Waals surface area contributed by atoms with E-state index in [1.165, 1.54) is 12.6 Å². The van der Waals surface area contributed by atoms with Crippen molar-refractivity contribution in [3.05, 3.63) is 24.0 Å². The summed E-state index contributed by atoms with van der Waals surface area (Å²) in [4.78, 5) is 15.7. The molecule has 0 bridgehead atoms. The number of pyridine rings is 1. The third-order valence-corrected chi connectivity index (χ3v) is 2.89. The van der Waals surface area contributed by atoms with Crippen LogP contribution < -0.4 is 11.1 Å². The van der Waals surface area contributed by atoms with Crippen LogP contribution in [0, 0.1) is 0 Å². The topological polar surface area (TPSA) is 68.0 Å². The lowest BCUT2D eigenvalue weighted by molar-refractivity contribution is 0.0845. The number of amides is 1. The van der Waals surface area contributed by atoms with E-state index in [0.29, 0.717) is 11.4 Å². The van der Waals surface area contributed by atoms with E-state index in [0.717, 1.165) is 12.8 Å². The lowest BCUT2D eigenvalue weighted by Gasteiger charge is -2.38. The summed E-state index contributed by atoms with van der Waals surface area (Å²) in [5, 5.41) is 2.99. The van der Waals surface area contributed by atoms with E-state index in [1.807, 2.05) is 0 Å². The number of carbonyl (C=O) groups excluding carboxylic acids is 1. The lowest BCUT2D eigenvalue weighted by atomic mass is 9.78. The van der Waals surface area contributed by atoms with E-state index in [4.69, 9.17) is 5.73 Å². The Labute approximate surface area is 88.9 Å². The number of nitrogens with one attached hydrogen (secondary N) is 1. The van der Waals surface area contributed by atoms with Gasteiger partial charge in [0, 0.05) is 5.54 Å². The van der Waals surface area contributed by atoms with Gasteiger partial charge in [0.15, 0.2) is 0 Å². The Kier molecular flexibility index (Phi) is 2.34. The van der Waals surface area contributed by atoms with Gasteiger partial charge in [-0.15, -0.1) is 0 Å². The molecule has 1 aliphatic rings. The molecule has 1 fully saturated rings. The molecule has 1 saturated carbocycles. The van der Waals surface area contributed by atoms with Crippen molar-refractivity contribution in [1.29, 1.82) is 0 Å². The van der Waals surface area contributed by atoms with E-state index in [9.17, 15) is 4.79 Å². The third-order valence-electron chi connectivity index (χ3n) is 2.89. The third kappa shape index (κ3) is 2.09. The van der Waals surface area contributed by atoms with Crippen LogP contribution in [0.1, 0.15) is 36.7 Å². The highest BCUT2D eigenvalue weighted by molar-refractivity contribution is 5.93. The monoisotopic (exact) mass is 205 g/mol. The smallest absolute Gasteiger partial charge is 0.270 e. The molecule has 0 aromatic carbocycles. The van der Waals surface area contributed by atoms with Gasteiger partial charge in [-0.2, -0.15) is 0 Å². The number of rotatable bonds is 2.